The molecule has 4 nitrogen and oxygen atoms in total. The van der Waals surface area contributed by atoms with Crippen molar-refractivity contribution in [3.05, 3.63) is 0 Å². The first-order valence-corrected chi connectivity index (χ1v) is 7.49. The van der Waals surface area contributed by atoms with Crippen molar-refractivity contribution in [1.29, 1.82) is 0 Å². The molecule has 2 saturated heterocycles. The average molecular weight is 255 g/mol. The molecule has 3 rings (SSSR count). The Morgan fingerprint density at radius 3 is 2.56 bits per heavy atom. The van der Waals surface area contributed by atoms with Gasteiger partial charge < -0.3 is 9.47 Å². The summed E-state index contributed by atoms with van der Waals surface area (Å²) < 4.78 is 11.5. The van der Waals surface area contributed by atoms with Crippen LogP contribution in [0.5, 0.6) is 0 Å². The van der Waals surface area contributed by atoms with E-state index in [1.54, 1.807) is 0 Å². The Morgan fingerprint density at radius 2 is 1.78 bits per heavy atom. The zero-order chi connectivity index (χ0) is 12.3. The predicted molar refractivity (Wildman–Crippen MR) is 68.2 cm³/mol. The third-order valence-electron chi connectivity index (χ3n) is 4.60. The first-order valence-electron chi connectivity index (χ1n) is 7.49. The third-order valence-corrected chi connectivity index (χ3v) is 4.60. The molecule has 0 aromatic carbocycles. The van der Waals surface area contributed by atoms with Crippen LogP contribution in [0.2, 0.25) is 0 Å². The first kappa shape index (κ1) is 12.9. The minimum absolute atomic E-state index is 0.0627. The molecule has 0 bridgehead atoms. The Morgan fingerprint density at radius 1 is 1.00 bits per heavy atom. The summed E-state index contributed by atoms with van der Waals surface area (Å²) in [5.41, 5.74) is 3.38. The minimum atomic E-state index is 0.0627. The van der Waals surface area contributed by atoms with Gasteiger partial charge in [-0.1, -0.05) is 12.8 Å². The van der Waals surface area contributed by atoms with Gasteiger partial charge in [0.25, 0.3) is 0 Å². The van der Waals surface area contributed by atoms with Crippen LogP contribution in [0.4, 0.5) is 0 Å². The highest BCUT2D eigenvalue weighted by Crippen LogP contribution is 2.34. The molecule has 104 valence electrons. The van der Waals surface area contributed by atoms with Crippen molar-refractivity contribution in [2.75, 3.05) is 19.8 Å². The standard InChI is InChI=1S/C14H25NO3/c1-2-4-13(3-1)18-15-12-5-8-17-14(11-12)6-9-16-10-7-14/h12-13,15H,1-11H2. The molecule has 1 unspecified atom stereocenters. The molecule has 3 fully saturated rings. The van der Waals surface area contributed by atoms with Gasteiger partial charge in [-0.05, 0) is 38.5 Å². The maximum absolute atomic E-state index is 6.03. The summed E-state index contributed by atoms with van der Waals surface area (Å²) in [6, 6.07) is 0.456. The topological polar surface area (TPSA) is 39.7 Å². The monoisotopic (exact) mass is 255 g/mol. The van der Waals surface area contributed by atoms with Crippen molar-refractivity contribution >= 4 is 0 Å². The zero-order valence-electron chi connectivity index (χ0n) is 11.2. The quantitative estimate of drug-likeness (QED) is 0.785. The third kappa shape index (κ3) is 3.05. The Kier molecular flexibility index (Phi) is 4.19. The molecule has 1 spiro atoms. The fraction of sp³-hybridized carbons (Fsp3) is 1.00. The van der Waals surface area contributed by atoms with Crippen LogP contribution in [0, 0.1) is 0 Å². The molecular weight excluding hydrogens is 230 g/mol. The molecule has 18 heavy (non-hydrogen) atoms. The molecule has 1 atom stereocenters. The Hall–Kier alpha value is -0.160. The maximum Gasteiger partial charge on any atom is 0.0790 e. The molecule has 1 saturated carbocycles. The number of nitrogens with one attached hydrogen (secondary N) is 1. The summed E-state index contributed by atoms with van der Waals surface area (Å²) >= 11 is 0. The molecule has 4 heteroatoms. The van der Waals surface area contributed by atoms with E-state index in [0.717, 1.165) is 45.5 Å². The SMILES string of the molecule is C1CCC(ONC2CCOC3(CCOCC3)C2)C1. The molecule has 2 aliphatic heterocycles. The number of hydrogen-bond acceptors (Lipinski definition) is 4. The smallest absolute Gasteiger partial charge is 0.0790 e. The number of hydroxylamine groups is 1. The molecule has 3 aliphatic rings. The van der Waals surface area contributed by atoms with E-state index in [1.807, 2.05) is 0 Å². The van der Waals surface area contributed by atoms with Crippen LogP contribution < -0.4 is 5.48 Å². The second-order valence-corrected chi connectivity index (χ2v) is 5.98. The highest BCUT2D eigenvalue weighted by Gasteiger charge is 2.39. The molecule has 1 aliphatic carbocycles. The van der Waals surface area contributed by atoms with Gasteiger partial charge in [-0.2, -0.15) is 5.48 Å². The lowest BCUT2D eigenvalue weighted by atomic mass is 9.84. The lowest BCUT2D eigenvalue weighted by Crippen LogP contribution is -2.50. The van der Waals surface area contributed by atoms with E-state index >= 15 is 0 Å². The van der Waals surface area contributed by atoms with Crippen molar-refractivity contribution in [3.63, 3.8) is 0 Å². The van der Waals surface area contributed by atoms with E-state index in [9.17, 15) is 0 Å². The molecule has 0 amide bonds. The number of rotatable bonds is 3. The van der Waals surface area contributed by atoms with Gasteiger partial charge in [-0.3, -0.25) is 4.84 Å². The van der Waals surface area contributed by atoms with Gasteiger partial charge in [0.1, 0.15) is 0 Å². The van der Waals surface area contributed by atoms with E-state index in [4.69, 9.17) is 14.3 Å². The molecule has 0 aromatic heterocycles. The molecule has 1 N–H and O–H groups in total. The van der Waals surface area contributed by atoms with Gasteiger partial charge in [0.05, 0.1) is 11.7 Å². The van der Waals surface area contributed by atoms with Crippen LogP contribution >= 0.6 is 0 Å². The zero-order valence-corrected chi connectivity index (χ0v) is 11.2. The molecule has 2 heterocycles. The number of ether oxygens (including phenoxy) is 2. The van der Waals surface area contributed by atoms with Crippen molar-refractivity contribution < 1.29 is 14.3 Å². The molecule has 0 radical (unpaired) electrons. The maximum atomic E-state index is 6.03. The number of hydrogen-bond donors (Lipinski definition) is 1. The van der Waals surface area contributed by atoms with Gasteiger partial charge >= 0.3 is 0 Å². The van der Waals surface area contributed by atoms with Crippen molar-refractivity contribution in [3.8, 4) is 0 Å². The van der Waals surface area contributed by atoms with Gasteiger partial charge in [0, 0.05) is 25.9 Å². The van der Waals surface area contributed by atoms with Crippen LogP contribution in [0.3, 0.4) is 0 Å². The summed E-state index contributed by atoms with van der Waals surface area (Å²) in [6.45, 7) is 2.54. The summed E-state index contributed by atoms with van der Waals surface area (Å²) in [5, 5.41) is 0. The second kappa shape index (κ2) is 5.87. The van der Waals surface area contributed by atoms with Gasteiger partial charge in [-0.25, -0.2) is 0 Å². The van der Waals surface area contributed by atoms with Crippen LogP contribution in [-0.2, 0) is 14.3 Å². The summed E-state index contributed by atoms with van der Waals surface area (Å²) in [5.74, 6) is 0. The molecule has 0 aromatic rings. The van der Waals surface area contributed by atoms with E-state index in [0.29, 0.717) is 12.1 Å². The van der Waals surface area contributed by atoms with Gasteiger partial charge in [-0.15, -0.1) is 0 Å². The van der Waals surface area contributed by atoms with E-state index in [1.165, 1.54) is 25.7 Å². The second-order valence-electron chi connectivity index (χ2n) is 5.98. The fourth-order valence-corrected chi connectivity index (χ4v) is 3.42. The minimum Gasteiger partial charge on any atom is -0.381 e. The molecular formula is C14H25NO3. The average Bonchev–Trinajstić information content (AvgIpc) is 2.91. The largest absolute Gasteiger partial charge is 0.381 e. The van der Waals surface area contributed by atoms with Crippen LogP contribution in [-0.4, -0.2) is 37.6 Å². The fourth-order valence-electron chi connectivity index (χ4n) is 3.42. The van der Waals surface area contributed by atoms with E-state index in [-0.39, 0.29) is 5.60 Å². The summed E-state index contributed by atoms with van der Waals surface area (Å²) in [7, 11) is 0. The van der Waals surface area contributed by atoms with E-state index < -0.39 is 0 Å². The van der Waals surface area contributed by atoms with E-state index in [2.05, 4.69) is 5.48 Å². The first-order chi connectivity index (χ1) is 8.86. The Bertz CT molecular complexity index is 254. The van der Waals surface area contributed by atoms with Gasteiger partial charge in [0.15, 0.2) is 0 Å². The normalized spacial score (nSPS) is 33.0. The van der Waals surface area contributed by atoms with Crippen molar-refractivity contribution in [1.82, 2.24) is 5.48 Å². The highest BCUT2D eigenvalue weighted by atomic mass is 16.7. The van der Waals surface area contributed by atoms with Crippen LogP contribution in [0.1, 0.15) is 51.4 Å². The summed E-state index contributed by atoms with van der Waals surface area (Å²) in [6.07, 6.45) is 9.73. The summed E-state index contributed by atoms with van der Waals surface area (Å²) in [4.78, 5) is 5.84. The van der Waals surface area contributed by atoms with Crippen molar-refractivity contribution in [2.45, 2.75) is 69.1 Å². The lowest BCUT2D eigenvalue weighted by Gasteiger charge is -2.43. The van der Waals surface area contributed by atoms with Crippen LogP contribution in [0.25, 0.3) is 0 Å². The van der Waals surface area contributed by atoms with Crippen LogP contribution in [0.15, 0.2) is 0 Å². The Balaban J connectivity index is 1.47. The van der Waals surface area contributed by atoms with Gasteiger partial charge in [0.2, 0.25) is 0 Å². The van der Waals surface area contributed by atoms with Crippen molar-refractivity contribution in [2.24, 2.45) is 0 Å². The highest BCUT2D eigenvalue weighted by molar-refractivity contribution is 4.90. The predicted octanol–water partition coefficient (Wildman–Crippen LogP) is 2.18. The Labute approximate surface area is 109 Å². The lowest BCUT2D eigenvalue weighted by molar-refractivity contribution is -0.158.